The summed E-state index contributed by atoms with van der Waals surface area (Å²) in [4.78, 5) is 4.53. The van der Waals surface area contributed by atoms with Crippen molar-refractivity contribution in [1.29, 1.82) is 0 Å². The Morgan fingerprint density at radius 3 is 2.13 bits per heavy atom. The third kappa shape index (κ3) is 7.97. The number of sulfonamides is 1. The smallest absolute Gasteiger partial charge is 0.243 e. The zero-order valence-electron chi connectivity index (χ0n) is 18.8. The lowest BCUT2D eigenvalue weighted by atomic mass is 10.1. The first-order chi connectivity index (χ1) is 14.3. The molecule has 0 aliphatic rings. The predicted octanol–water partition coefficient (Wildman–Crippen LogP) is 3.25. The van der Waals surface area contributed by atoms with Gasteiger partial charge in [0.25, 0.3) is 0 Å². The minimum absolute atomic E-state index is 0. The van der Waals surface area contributed by atoms with Crippen LogP contribution in [0.3, 0.4) is 0 Å². The van der Waals surface area contributed by atoms with Crippen LogP contribution in [0.5, 0.6) is 5.75 Å². The number of ether oxygens (including phenoxy) is 1. The van der Waals surface area contributed by atoms with Crippen molar-refractivity contribution >= 4 is 40.0 Å². The zero-order chi connectivity index (χ0) is 22.1. The lowest BCUT2D eigenvalue weighted by molar-refractivity contribution is 0.410. The minimum Gasteiger partial charge on any atom is -0.497 e. The number of nitrogens with zero attached hydrogens (tertiary/aromatic N) is 2. The lowest BCUT2D eigenvalue weighted by Crippen LogP contribution is -2.37. The van der Waals surface area contributed by atoms with Crippen LogP contribution in [0, 0.1) is 0 Å². The summed E-state index contributed by atoms with van der Waals surface area (Å²) < 4.78 is 31.6. The van der Waals surface area contributed by atoms with Gasteiger partial charge in [0.05, 0.1) is 12.0 Å². The molecule has 7 nitrogen and oxygen atoms in total. The standard InChI is InChI=1S/C22H32N4O3S.HI/c1-17(2)26(4)30(27,28)21-12-8-19(9-13-21)16-25-22(23-3)24-15-14-18-6-10-20(29-5)11-7-18;/h6-13,17H,14-16H2,1-5H3,(H2,23,24,25);1H. The molecule has 0 radical (unpaired) electrons. The number of halogens is 1. The summed E-state index contributed by atoms with van der Waals surface area (Å²) in [6.07, 6.45) is 0.862. The van der Waals surface area contributed by atoms with Crippen LogP contribution in [0.15, 0.2) is 58.4 Å². The molecule has 2 aromatic rings. The van der Waals surface area contributed by atoms with Crippen molar-refractivity contribution in [2.24, 2.45) is 4.99 Å². The van der Waals surface area contributed by atoms with Crippen molar-refractivity contribution < 1.29 is 13.2 Å². The van der Waals surface area contributed by atoms with Gasteiger partial charge in [-0.25, -0.2) is 8.42 Å². The van der Waals surface area contributed by atoms with Crippen molar-refractivity contribution in [3.63, 3.8) is 0 Å². The van der Waals surface area contributed by atoms with Gasteiger partial charge in [-0.1, -0.05) is 24.3 Å². The van der Waals surface area contributed by atoms with Crippen LogP contribution in [0.2, 0.25) is 0 Å². The fraction of sp³-hybridized carbons (Fsp3) is 0.409. The summed E-state index contributed by atoms with van der Waals surface area (Å²) in [6, 6.07) is 14.8. The summed E-state index contributed by atoms with van der Waals surface area (Å²) in [5, 5.41) is 6.53. The highest BCUT2D eigenvalue weighted by molar-refractivity contribution is 14.0. The molecule has 31 heavy (non-hydrogen) atoms. The molecule has 0 aromatic heterocycles. The van der Waals surface area contributed by atoms with E-state index in [0.717, 1.165) is 24.3 Å². The van der Waals surface area contributed by atoms with Crippen molar-refractivity contribution in [3.05, 3.63) is 59.7 Å². The van der Waals surface area contributed by atoms with Crippen LogP contribution < -0.4 is 15.4 Å². The third-order valence-electron chi connectivity index (χ3n) is 4.88. The van der Waals surface area contributed by atoms with E-state index in [1.54, 1.807) is 33.3 Å². The van der Waals surface area contributed by atoms with Gasteiger partial charge in [0.2, 0.25) is 10.0 Å². The molecular weight excluding hydrogens is 527 g/mol. The Morgan fingerprint density at radius 1 is 1.03 bits per heavy atom. The molecule has 0 amide bonds. The van der Waals surface area contributed by atoms with Gasteiger partial charge in [-0.3, -0.25) is 4.99 Å². The van der Waals surface area contributed by atoms with Gasteiger partial charge in [0.15, 0.2) is 5.96 Å². The molecule has 0 unspecified atom stereocenters. The van der Waals surface area contributed by atoms with E-state index in [9.17, 15) is 8.42 Å². The Labute approximate surface area is 203 Å². The van der Waals surface area contributed by atoms with Gasteiger partial charge in [-0.15, -0.1) is 24.0 Å². The molecule has 0 heterocycles. The van der Waals surface area contributed by atoms with Crippen LogP contribution >= 0.6 is 24.0 Å². The number of hydrogen-bond acceptors (Lipinski definition) is 4. The van der Waals surface area contributed by atoms with Gasteiger partial charge >= 0.3 is 0 Å². The summed E-state index contributed by atoms with van der Waals surface area (Å²) in [6.45, 7) is 4.99. The average molecular weight is 561 g/mol. The Hall–Kier alpha value is -1.85. The third-order valence-corrected chi connectivity index (χ3v) is 6.92. The Bertz CT molecular complexity index is 930. The average Bonchev–Trinajstić information content (AvgIpc) is 2.76. The monoisotopic (exact) mass is 560 g/mol. The van der Waals surface area contributed by atoms with Crippen LogP contribution in [0.25, 0.3) is 0 Å². The van der Waals surface area contributed by atoms with Crippen LogP contribution in [0.1, 0.15) is 25.0 Å². The highest BCUT2D eigenvalue weighted by atomic mass is 127. The number of methoxy groups -OCH3 is 1. The van der Waals surface area contributed by atoms with E-state index in [1.165, 1.54) is 9.87 Å². The van der Waals surface area contributed by atoms with E-state index in [4.69, 9.17) is 4.74 Å². The Balaban J connectivity index is 0.00000480. The van der Waals surface area contributed by atoms with E-state index in [2.05, 4.69) is 15.6 Å². The van der Waals surface area contributed by atoms with E-state index >= 15 is 0 Å². The molecule has 0 bridgehead atoms. The van der Waals surface area contributed by atoms with Crippen molar-refractivity contribution in [1.82, 2.24) is 14.9 Å². The van der Waals surface area contributed by atoms with Crippen LogP contribution in [0.4, 0.5) is 0 Å². The largest absolute Gasteiger partial charge is 0.497 e. The molecule has 2 N–H and O–H groups in total. The predicted molar refractivity (Wildman–Crippen MR) is 137 cm³/mol. The molecule has 0 saturated carbocycles. The van der Waals surface area contributed by atoms with E-state index < -0.39 is 10.0 Å². The maximum Gasteiger partial charge on any atom is 0.243 e. The lowest BCUT2D eigenvalue weighted by Gasteiger charge is -2.21. The van der Waals surface area contributed by atoms with E-state index in [1.807, 2.05) is 50.2 Å². The number of guanidine groups is 1. The van der Waals surface area contributed by atoms with Crippen molar-refractivity contribution in [2.45, 2.75) is 37.8 Å². The quantitative estimate of drug-likeness (QED) is 0.280. The Kier molecular flexibility index (Phi) is 11.3. The van der Waals surface area contributed by atoms with Crippen molar-refractivity contribution in [3.8, 4) is 5.75 Å². The molecule has 9 heteroatoms. The van der Waals surface area contributed by atoms with Gasteiger partial charge in [-0.05, 0) is 55.7 Å². The second kappa shape index (κ2) is 12.9. The molecule has 2 aromatic carbocycles. The van der Waals surface area contributed by atoms with Crippen LogP contribution in [-0.2, 0) is 23.0 Å². The molecule has 0 saturated heterocycles. The first-order valence-corrected chi connectivity index (χ1v) is 11.4. The summed E-state index contributed by atoms with van der Waals surface area (Å²) in [5.74, 6) is 1.54. The molecule has 0 atom stereocenters. The molecular formula is C22H33IN4O3S. The SMILES string of the molecule is CN=C(NCCc1ccc(OC)cc1)NCc1ccc(S(=O)(=O)N(C)C(C)C)cc1.I. The zero-order valence-corrected chi connectivity index (χ0v) is 21.9. The summed E-state index contributed by atoms with van der Waals surface area (Å²) in [7, 11) is 1.51. The second-order valence-electron chi connectivity index (χ2n) is 7.21. The number of nitrogens with one attached hydrogen (secondary N) is 2. The summed E-state index contributed by atoms with van der Waals surface area (Å²) in [5.41, 5.74) is 2.18. The maximum absolute atomic E-state index is 12.5. The van der Waals surface area contributed by atoms with E-state index in [0.29, 0.717) is 17.4 Å². The van der Waals surface area contributed by atoms with Crippen molar-refractivity contribution in [2.75, 3.05) is 27.7 Å². The number of rotatable bonds is 9. The van der Waals surface area contributed by atoms with Crippen LogP contribution in [-0.4, -0.2) is 52.5 Å². The molecule has 0 aliphatic carbocycles. The number of hydrogen-bond donors (Lipinski definition) is 2. The van der Waals surface area contributed by atoms with Gasteiger partial charge in [0, 0.05) is 33.2 Å². The normalized spacial score (nSPS) is 11.9. The molecule has 0 spiro atoms. The van der Waals surface area contributed by atoms with Gasteiger partial charge in [0.1, 0.15) is 5.75 Å². The van der Waals surface area contributed by atoms with Gasteiger partial charge in [-0.2, -0.15) is 4.31 Å². The minimum atomic E-state index is -3.46. The molecule has 2 rings (SSSR count). The van der Waals surface area contributed by atoms with Gasteiger partial charge < -0.3 is 15.4 Å². The topological polar surface area (TPSA) is 83.0 Å². The first-order valence-electron chi connectivity index (χ1n) is 9.92. The molecule has 172 valence electrons. The number of benzene rings is 2. The summed E-state index contributed by atoms with van der Waals surface area (Å²) >= 11 is 0. The maximum atomic E-state index is 12.5. The second-order valence-corrected chi connectivity index (χ2v) is 9.21. The molecule has 0 aliphatic heterocycles. The highest BCUT2D eigenvalue weighted by Gasteiger charge is 2.22. The fourth-order valence-electron chi connectivity index (χ4n) is 2.75. The fourth-order valence-corrected chi connectivity index (χ4v) is 4.11. The van der Waals surface area contributed by atoms with E-state index in [-0.39, 0.29) is 30.0 Å². The molecule has 0 fully saturated rings. The Morgan fingerprint density at radius 2 is 1.61 bits per heavy atom. The highest BCUT2D eigenvalue weighted by Crippen LogP contribution is 2.17. The number of aliphatic imine (C=N–C) groups is 1. The first kappa shape index (κ1) is 27.2.